The van der Waals surface area contributed by atoms with Gasteiger partial charge in [-0.25, -0.2) is 39.4 Å². The topological polar surface area (TPSA) is 394 Å². The molecule has 0 fully saturated rings. The van der Waals surface area contributed by atoms with Crippen molar-refractivity contribution in [3.8, 4) is 0 Å². The number of guanidine groups is 3. The SMILES string of the molecule is Cc1ccc(S(=O)(=O)NC(N)=NCCC[C@H](CC(=O)OC(C)(C)C)C(=O)N[C@@H](CCCN=C(N)NS(=O)(=O)c2ccc(C)cc2)C(=O)N[C@@H](C)C(=O)N[C@@H](CCCN=C(N)NS(=O)(=O)c2ccc(C)cc2)C(=O)O[Si](CC(C)C)(C(C)(C)C)C(C)(C)C)cc1. The number of nitrogens with one attached hydrogen (secondary N) is 6. The summed E-state index contributed by atoms with van der Waals surface area (Å²) in [6, 6.07) is 14.7. The van der Waals surface area contributed by atoms with Gasteiger partial charge in [0.1, 0.15) is 23.7 Å². The lowest BCUT2D eigenvalue weighted by molar-refractivity contribution is -0.157. The van der Waals surface area contributed by atoms with Crippen molar-refractivity contribution in [1.82, 2.24) is 30.1 Å². The lowest BCUT2D eigenvalue weighted by Gasteiger charge is -2.51. The second-order valence-corrected chi connectivity index (χ2v) is 36.0. The first kappa shape index (κ1) is 76.1. The molecule has 0 aliphatic heterocycles. The van der Waals surface area contributed by atoms with Gasteiger partial charge in [0, 0.05) is 25.6 Å². The molecular formula is C60H96N12O13S3Si. The minimum Gasteiger partial charge on any atom is -0.516 e. The molecule has 0 unspecified atom stereocenters. The van der Waals surface area contributed by atoms with Crippen LogP contribution in [0.1, 0.15) is 145 Å². The highest BCUT2D eigenvalue weighted by Crippen LogP contribution is 2.55. The summed E-state index contributed by atoms with van der Waals surface area (Å²) in [4.78, 5) is 83.7. The highest BCUT2D eigenvalue weighted by molar-refractivity contribution is 7.90. The molecule has 0 aliphatic rings. The van der Waals surface area contributed by atoms with Gasteiger partial charge < -0.3 is 42.3 Å². The molecule has 0 radical (unpaired) electrons. The molecule has 4 atom stereocenters. The number of aliphatic imine (C=N–C) groups is 3. The van der Waals surface area contributed by atoms with Crippen LogP contribution in [0.2, 0.25) is 16.1 Å². The fraction of sp³-hybridized carbons (Fsp3) is 0.567. The van der Waals surface area contributed by atoms with Crippen molar-refractivity contribution < 1.29 is 58.4 Å². The van der Waals surface area contributed by atoms with Gasteiger partial charge in [0.2, 0.25) is 35.6 Å². The van der Waals surface area contributed by atoms with Gasteiger partial charge in [-0.1, -0.05) is 108 Å². The van der Waals surface area contributed by atoms with Gasteiger partial charge in [0.15, 0.2) is 0 Å². The number of nitrogens with zero attached hydrogens (tertiary/aromatic N) is 3. The van der Waals surface area contributed by atoms with Crippen molar-refractivity contribution in [2.45, 2.75) is 203 Å². The van der Waals surface area contributed by atoms with Crippen LogP contribution in [0, 0.1) is 32.6 Å². The van der Waals surface area contributed by atoms with Crippen LogP contribution in [-0.2, 0) is 63.2 Å². The van der Waals surface area contributed by atoms with Gasteiger partial charge in [-0.05, 0) is 145 Å². The predicted molar refractivity (Wildman–Crippen MR) is 348 cm³/mol. The molecule has 12 N–H and O–H groups in total. The Morgan fingerprint density at radius 1 is 0.506 bits per heavy atom. The molecule has 496 valence electrons. The molecule has 29 heteroatoms. The van der Waals surface area contributed by atoms with E-state index in [4.69, 9.17) is 26.4 Å². The van der Waals surface area contributed by atoms with Gasteiger partial charge in [-0.15, -0.1) is 0 Å². The maximum atomic E-state index is 14.7. The molecule has 3 aromatic carbocycles. The Balaban J connectivity index is 1.98. The molecule has 3 rings (SSSR count). The van der Waals surface area contributed by atoms with Crippen LogP contribution < -0.4 is 47.3 Å². The zero-order valence-electron chi connectivity index (χ0n) is 54.2. The van der Waals surface area contributed by atoms with E-state index >= 15 is 0 Å². The number of benzene rings is 3. The van der Waals surface area contributed by atoms with Crippen molar-refractivity contribution >= 4 is 85.9 Å². The van der Waals surface area contributed by atoms with Gasteiger partial charge in [0.25, 0.3) is 38.4 Å². The van der Waals surface area contributed by atoms with E-state index in [0.717, 1.165) is 16.7 Å². The normalized spacial score (nSPS) is 14.6. The summed E-state index contributed by atoms with van der Waals surface area (Å²) >= 11 is 0. The number of amides is 3. The fourth-order valence-electron chi connectivity index (χ4n) is 9.66. The lowest BCUT2D eigenvalue weighted by atomic mass is 9.97. The summed E-state index contributed by atoms with van der Waals surface area (Å²) in [6.07, 6.45) is -0.520. The van der Waals surface area contributed by atoms with Crippen LogP contribution in [0.25, 0.3) is 0 Å². The first-order valence-electron chi connectivity index (χ1n) is 29.5. The summed E-state index contributed by atoms with van der Waals surface area (Å²) in [5.41, 5.74) is 19.6. The van der Waals surface area contributed by atoms with Crippen LogP contribution >= 0.6 is 0 Å². The number of esters is 1. The Kier molecular flexibility index (Phi) is 27.9. The summed E-state index contributed by atoms with van der Waals surface area (Å²) < 4.78 is 97.1. The van der Waals surface area contributed by atoms with Crippen LogP contribution in [0.4, 0.5) is 0 Å². The predicted octanol–water partition coefficient (Wildman–Crippen LogP) is 5.70. The Morgan fingerprint density at radius 2 is 0.854 bits per heavy atom. The van der Waals surface area contributed by atoms with E-state index in [1.54, 1.807) is 71.0 Å². The van der Waals surface area contributed by atoms with Crippen LogP contribution in [0.15, 0.2) is 102 Å². The van der Waals surface area contributed by atoms with Crippen molar-refractivity contribution in [2.75, 3.05) is 19.6 Å². The average Bonchev–Trinajstić information content (AvgIpc) is 0.901. The van der Waals surface area contributed by atoms with Crippen molar-refractivity contribution in [1.29, 1.82) is 0 Å². The maximum Gasteiger partial charge on any atom is 0.315 e. The Bertz CT molecular complexity index is 3330. The van der Waals surface area contributed by atoms with Gasteiger partial charge in [-0.2, -0.15) is 0 Å². The van der Waals surface area contributed by atoms with E-state index in [1.165, 1.54) is 43.3 Å². The van der Waals surface area contributed by atoms with Gasteiger partial charge in [-0.3, -0.25) is 38.9 Å². The average molecular weight is 1320 g/mol. The third kappa shape index (κ3) is 25.0. The molecule has 0 bridgehead atoms. The first-order chi connectivity index (χ1) is 41.0. The molecule has 0 saturated heterocycles. The van der Waals surface area contributed by atoms with Crippen molar-refractivity contribution in [3.63, 3.8) is 0 Å². The number of carbonyl (C=O) groups excluding carboxylic acids is 5. The van der Waals surface area contributed by atoms with E-state index in [-0.39, 0.29) is 78.8 Å². The number of hydrogen-bond acceptors (Lipinski definition) is 16. The monoisotopic (exact) mass is 1320 g/mol. The molecule has 0 aliphatic carbocycles. The summed E-state index contributed by atoms with van der Waals surface area (Å²) in [6.45, 7) is 27.6. The van der Waals surface area contributed by atoms with E-state index in [2.05, 4.69) is 45.1 Å². The molecule has 3 aromatic rings. The number of ether oxygens (including phenoxy) is 1. The van der Waals surface area contributed by atoms with Gasteiger partial charge in [0.05, 0.1) is 21.1 Å². The summed E-state index contributed by atoms with van der Waals surface area (Å²) in [5.74, 6) is -6.23. The lowest BCUT2D eigenvalue weighted by Crippen LogP contribution is -2.59. The van der Waals surface area contributed by atoms with Crippen molar-refractivity contribution in [2.24, 2.45) is 44.0 Å². The van der Waals surface area contributed by atoms with E-state index in [0.29, 0.717) is 6.04 Å². The minimum atomic E-state index is -4.12. The third-order valence-corrected chi connectivity index (χ3v) is 25.1. The number of sulfonamides is 3. The van der Waals surface area contributed by atoms with Crippen LogP contribution in [0.5, 0.6) is 0 Å². The van der Waals surface area contributed by atoms with Crippen LogP contribution in [-0.4, -0.2) is 124 Å². The quantitative estimate of drug-likeness (QED) is 0.0127. The zero-order valence-corrected chi connectivity index (χ0v) is 57.6. The Labute approximate surface area is 528 Å². The molecule has 0 heterocycles. The summed E-state index contributed by atoms with van der Waals surface area (Å²) in [5, 5.41) is 7.15. The highest BCUT2D eigenvalue weighted by atomic mass is 32.2. The second-order valence-electron chi connectivity index (χ2n) is 25.7. The molecule has 25 nitrogen and oxygen atoms in total. The fourth-order valence-corrected chi connectivity index (χ4v) is 18.3. The number of aryl methyl sites for hydroxylation is 3. The molecule has 89 heavy (non-hydrogen) atoms. The zero-order chi connectivity index (χ0) is 67.5. The standard InChI is InChI=1S/C60H96N12O13S3Si/c1-39(2)38-89(59(10,11)12,60(13,14)15)85-54(77)49(21-18-36-66-57(63)72-88(82,83)47-32-26-42(5)27-33-47)69-51(74)43(6)67-53(76)48(20-17-35-65-56(62)71-87(80,81)46-30-24-41(4)25-31-46)68-52(75)44(37-50(73)84-58(7,8)9)19-16-34-64-55(61)70-86(78,79)45-28-22-40(3)23-29-45/h22-33,39,43-44,48-49H,16-21,34-38H2,1-15H3,(H,67,76)(H,68,75)(H,69,74)(H3,61,64,70)(H3,62,65,71)(H3,63,66,72)/t43-,44+,48-,49-/m0/s1. The molecule has 3 amide bonds. The molecule has 0 saturated carbocycles. The summed E-state index contributed by atoms with van der Waals surface area (Å²) in [7, 11) is -15.4. The molecular weight excluding hydrogens is 1220 g/mol. The Morgan fingerprint density at radius 3 is 1.20 bits per heavy atom. The maximum absolute atomic E-state index is 14.7. The van der Waals surface area contributed by atoms with Crippen molar-refractivity contribution in [3.05, 3.63) is 89.5 Å². The minimum absolute atomic E-state index is 0.00695. The van der Waals surface area contributed by atoms with Gasteiger partial charge >= 0.3 is 11.9 Å². The first-order valence-corrected chi connectivity index (χ1v) is 36.1. The largest absolute Gasteiger partial charge is 0.516 e. The second kappa shape index (κ2) is 32.6. The number of nitrogens with two attached hydrogens (primary N) is 3. The van der Waals surface area contributed by atoms with Crippen LogP contribution in [0.3, 0.4) is 0 Å². The van der Waals surface area contributed by atoms with E-state index < -0.39 is 132 Å². The van der Waals surface area contributed by atoms with E-state index in [1.807, 2.05) is 62.3 Å². The Hall–Kier alpha value is -7.11. The number of rotatable bonds is 30. The van der Waals surface area contributed by atoms with E-state index in [9.17, 15) is 49.2 Å². The number of carbonyl (C=O) groups is 5. The molecule has 0 aromatic heterocycles. The smallest absolute Gasteiger partial charge is 0.315 e. The highest BCUT2D eigenvalue weighted by Gasteiger charge is 2.58. The third-order valence-electron chi connectivity index (χ3n) is 14.2. The number of hydrogen-bond donors (Lipinski definition) is 9. The molecule has 0 spiro atoms.